The summed E-state index contributed by atoms with van der Waals surface area (Å²) in [5, 5.41) is 11.9. The van der Waals surface area contributed by atoms with Gasteiger partial charge in [0.05, 0.1) is 24.3 Å². The molecule has 1 aromatic carbocycles. The van der Waals surface area contributed by atoms with Crippen molar-refractivity contribution in [2.45, 2.75) is 6.54 Å². The third kappa shape index (κ3) is 2.57. The average Bonchev–Trinajstić information content (AvgIpc) is 3.20. The van der Waals surface area contributed by atoms with Crippen molar-refractivity contribution in [1.29, 1.82) is 0 Å². The standard InChI is InChI=1S/C15H13N7O/c16-13-4-2-1-3-10(13)8-22-14-11(6-18-22)5-17-15(21-14)20-12-7-19-23-9-12/h1-7,9H,8,16H2,(H,17,20,21). The maximum Gasteiger partial charge on any atom is 0.229 e. The zero-order valence-corrected chi connectivity index (χ0v) is 12.0. The summed E-state index contributed by atoms with van der Waals surface area (Å²) in [4.78, 5) is 8.75. The quantitative estimate of drug-likeness (QED) is 0.556. The monoisotopic (exact) mass is 307 g/mol. The number of rotatable bonds is 4. The molecule has 0 bridgehead atoms. The highest BCUT2D eigenvalue weighted by Gasteiger charge is 2.09. The predicted octanol–water partition coefficient (Wildman–Crippen LogP) is 2.19. The Morgan fingerprint density at radius 2 is 2.09 bits per heavy atom. The number of aromatic nitrogens is 5. The fraction of sp³-hybridized carbons (Fsp3) is 0.0667. The highest BCUT2D eigenvalue weighted by atomic mass is 16.5. The van der Waals surface area contributed by atoms with E-state index >= 15 is 0 Å². The van der Waals surface area contributed by atoms with Crippen LogP contribution in [-0.2, 0) is 6.54 Å². The molecule has 0 aliphatic heterocycles. The zero-order chi connectivity index (χ0) is 15.6. The minimum atomic E-state index is 0.448. The highest BCUT2D eigenvalue weighted by Crippen LogP contribution is 2.18. The summed E-state index contributed by atoms with van der Waals surface area (Å²) in [5.74, 6) is 0.448. The van der Waals surface area contributed by atoms with Gasteiger partial charge in [-0.25, -0.2) is 9.67 Å². The molecule has 0 fully saturated rings. The van der Waals surface area contributed by atoms with Crippen molar-refractivity contribution in [2.24, 2.45) is 0 Å². The SMILES string of the molecule is Nc1ccccc1Cn1ncc2cnc(Nc3cnoc3)nc21. The van der Waals surface area contributed by atoms with E-state index in [1.807, 2.05) is 24.3 Å². The second-order valence-corrected chi connectivity index (χ2v) is 5.01. The fourth-order valence-electron chi connectivity index (χ4n) is 2.28. The molecule has 8 nitrogen and oxygen atoms in total. The lowest BCUT2D eigenvalue weighted by atomic mass is 10.2. The van der Waals surface area contributed by atoms with Gasteiger partial charge in [0.15, 0.2) is 5.65 Å². The van der Waals surface area contributed by atoms with Crippen LogP contribution in [0.5, 0.6) is 0 Å². The second kappa shape index (κ2) is 5.41. The molecule has 0 radical (unpaired) electrons. The van der Waals surface area contributed by atoms with E-state index in [9.17, 15) is 0 Å². The molecule has 0 atom stereocenters. The van der Waals surface area contributed by atoms with E-state index < -0.39 is 0 Å². The summed E-state index contributed by atoms with van der Waals surface area (Å²) in [6.45, 7) is 0.542. The van der Waals surface area contributed by atoms with Crippen LogP contribution >= 0.6 is 0 Å². The third-order valence-corrected chi connectivity index (χ3v) is 3.44. The lowest BCUT2D eigenvalue weighted by Crippen LogP contribution is -2.06. The van der Waals surface area contributed by atoms with E-state index in [1.54, 1.807) is 23.3 Å². The van der Waals surface area contributed by atoms with Gasteiger partial charge in [0.2, 0.25) is 5.95 Å². The van der Waals surface area contributed by atoms with Crippen molar-refractivity contribution in [3.63, 3.8) is 0 Å². The number of nitrogens with two attached hydrogens (primary N) is 1. The smallest absolute Gasteiger partial charge is 0.229 e. The summed E-state index contributed by atoms with van der Waals surface area (Å²) in [6.07, 6.45) is 6.48. The Balaban J connectivity index is 1.69. The molecule has 0 aliphatic rings. The van der Waals surface area contributed by atoms with Crippen LogP contribution in [0, 0.1) is 0 Å². The summed E-state index contributed by atoms with van der Waals surface area (Å²) < 4.78 is 6.57. The Bertz CT molecular complexity index is 946. The molecular weight excluding hydrogens is 294 g/mol. The Labute approximate surface area is 130 Å². The molecule has 3 aromatic heterocycles. The minimum Gasteiger partial charge on any atom is -0.398 e. The van der Waals surface area contributed by atoms with Gasteiger partial charge in [0.25, 0.3) is 0 Å². The van der Waals surface area contributed by atoms with Crippen molar-refractivity contribution in [3.05, 3.63) is 54.7 Å². The third-order valence-electron chi connectivity index (χ3n) is 3.44. The van der Waals surface area contributed by atoms with Crippen LogP contribution in [0.2, 0.25) is 0 Å². The number of para-hydroxylation sites is 1. The van der Waals surface area contributed by atoms with Gasteiger partial charge in [0.1, 0.15) is 12.0 Å². The van der Waals surface area contributed by atoms with Crippen molar-refractivity contribution in [3.8, 4) is 0 Å². The van der Waals surface area contributed by atoms with E-state index in [1.165, 1.54) is 6.26 Å². The van der Waals surface area contributed by atoms with Crippen LogP contribution in [0.3, 0.4) is 0 Å². The molecule has 23 heavy (non-hydrogen) atoms. The number of nitrogens with zero attached hydrogens (tertiary/aromatic N) is 5. The first-order chi connectivity index (χ1) is 11.3. The van der Waals surface area contributed by atoms with Crippen molar-refractivity contribution < 1.29 is 4.52 Å². The predicted molar refractivity (Wildman–Crippen MR) is 85.1 cm³/mol. The lowest BCUT2D eigenvalue weighted by molar-refractivity contribution is 0.420. The Morgan fingerprint density at radius 3 is 2.91 bits per heavy atom. The molecule has 4 aromatic rings. The van der Waals surface area contributed by atoms with E-state index in [0.717, 1.165) is 22.3 Å². The molecule has 0 saturated carbocycles. The van der Waals surface area contributed by atoms with Crippen LogP contribution in [0.25, 0.3) is 11.0 Å². The van der Waals surface area contributed by atoms with Gasteiger partial charge >= 0.3 is 0 Å². The molecule has 0 spiro atoms. The molecule has 0 amide bonds. The number of nitrogens with one attached hydrogen (secondary N) is 1. The largest absolute Gasteiger partial charge is 0.398 e. The summed E-state index contributed by atoms with van der Waals surface area (Å²) >= 11 is 0. The van der Waals surface area contributed by atoms with E-state index in [0.29, 0.717) is 18.2 Å². The van der Waals surface area contributed by atoms with Crippen LogP contribution in [-0.4, -0.2) is 24.9 Å². The van der Waals surface area contributed by atoms with Crippen LogP contribution in [0.4, 0.5) is 17.3 Å². The molecule has 3 N–H and O–H groups in total. The minimum absolute atomic E-state index is 0.448. The average molecular weight is 307 g/mol. The van der Waals surface area contributed by atoms with Crippen molar-refractivity contribution in [1.82, 2.24) is 24.9 Å². The fourth-order valence-corrected chi connectivity index (χ4v) is 2.28. The molecular formula is C15H13N7O. The van der Waals surface area contributed by atoms with E-state index in [4.69, 9.17) is 10.3 Å². The molecule has 0 unspecified atom stereocenters. The van der Waals surface area contributed by atoms with Crippen LogP contribution in [0.15, 0.2) is 53.6 Å². The van der Waals surface area contributed by atoms with Gasteiger partial charge in [-0.2, -0.15) is 10.1 Å². The number of nitrogen functional groups attached to an aromatic ring is 1. The first-order valence-electron chi connectivity index (χ1n) is 6.98. The van der Waals surface area contributed by atoms with E-state index in [2.05, 4.69) is 25.5 Å². The number of benzene rings is 1. The molecule has 0 saturated heterocycles. The zero-order valence-electron chi connectivity index (χ0n) is 12.0. The van der Waals surface area contributed by atoms with Gasteiger partial charge in [-0.3, -0.25) is 0 Å². The van der Waals surface area contributed by atoms with Crippen LogP contribution < -0.4 is 11.1 Å². The number of hydrogen-bond donors (Lipinski definition) is 2. The van der Waals surface area contributed by atoms with Crippen LogP contribution in [0.1, 0.15) is 5.56 Å². The molecule has 3 heterocycles. The topological polar surface area (TPSA) is 108 Å². The lowest BCUT2D eigenvalue weighted by Gasteiger charge is -2.07. The van der Waals surface area contributed by atoms with Gasteiger partial charge in [-0.1, -0.05) is 23.4 Å². The maximum absolute atomic E-state index is 6.00. The first kappa shape index (κ1) is 13.3. The van der Waals surface area contributed by atoms with Gasteiger partial charge < -0.3 is 15.6 Å². The molecule has 4 rings (SSSR count). The normalized spacial score (nSPS) is 11.0. The first-order valence-corrected chi connectivity index (χ1v) is 6.98. The van der Waals surface area contributed by atoms with Gasteiger partial charge in [-0.05, 0) is 11.6 Å². The van der Waals surface area contributed by atoms with Crippen molar-refractivity contribution in [2.75, 3.05) is 11.1 Å². The molecule has 0 aliphatic carbocycles. The highest BCUT2D eigenvalue weighted by molar-refractivity contribution is 5.75. The summed E-state index contributed by atoms with van der Waals surface area (Å²) in [6, 6.07) is 7.70. The maximum atomic E-state index is 6.00. The summed E-state index contributed by atoms with van der Waals surface area (Å²) in [7, 11) is 0. The molecule has 8 heteroatoms. The molecule has 114 valence electrons. The Hall–Kier alpha value is -3.42. The van der Waals surface area contributed by atoms with Crippen molar-refractivity contribution >= 4 is 28.4 Å². The Morgan fingerprint density at radius 1 is 1.17 bits per heavy atom. The Kier molecular flexibility index (Phi) is 3.12. The number of fused-ring (bicyclic) bond motifs is 1. The van der Waals surface area contributed by atoms with Gasteiger partial charge in [0, 0.05) is 11.9 Å². The van der Waals surface area contributed by atoms with Gasteiger partial charge in [-0.15, -0.1) is 0 Å². The number of hydrogen-bond acceptors (Lipinski definition) is 7. The number of anilines is 3. The second-order valence-electron chi connectivity index (χ2n) is 5.01. The summed E-state index contributed by atoms with van der Waals surface area (Å²) in [5.41, 5.74) is 9.13. The van der Waals surface area contributed by atoms with E-state index in [-0.39, 0.29) is 0 Å².